The van der Waals surface area contributed by atoms with Crippen molar-refractivity contribution in [1.29, 1.82) is 0 Å². The van der Waals surface area contributed by atoms with Crippen molar-refractivity contribution in [2.45, 2.75) is 13.3 Å². The fraction of sp³-hybridized carbons (Fsp3) is 0.500. The fourth-order valence-corrected chi connectivity index (χ4v) is 1.13. The lowest BCUT2D eigenvalue weighted by Gasteiger charge is -2.00. The zero-order valence-electron chi connectivity index (χ0n) is 6.65. The molecule has 1 aromatic heterocycles. The van der Waals surface area contributed by atoms with E-state index in [-0.39, 0.29) is 0 Å². The maximum Gasteiger partial charge on any atom is 0.491 e. The third kappa shape index (κ3) is 1.44. The van der Waals surface area contributed by atoms with Crippen LogP contribution in [0.25, 0.3) is 0 Å². The Morgan fingerprint density at radius 1 is 1.64 bits per heavy atom. The molecule has 0 aromatic carbocycles. The van der Waals surface area contributed by atoms with Crippen LogP contribution < -0.4 is 5.46 Å². The first-order valence-corrected chi connectivity index (χ1v) is 3.53. The highest BCUT2D eigenvalue weighted by molar-refractivity contribution is 6.59. The summed E-state index contributed by atoms with van der Waals surface area (Å²) in [5, 5.41) is 21.6. The van der Waals surface area contributed by atoms with Crippen LogP contribution in [0.1, 0.15) is 12.6 Å². The maximum absolute atomic E-state index is 8.85. The minimum Gasteiger partial charge on any atom is -0.423 e. The number of rotatable bonds is 2. The van der Waals surface area contributed by atoms with Gasteiger partial charge in [0.05, 0.1) is 0 Å². The van der Waals surface area contributed by atoms with Gasteiger partial charge in [-0.1, -0.05) is 6.92 Å². The van der Waals surface area contributed by atoms with Crippen LogP contribution in [0.3, 0.4) is 0 Å². The molecule has 0 atom stereocenters. The van der Waals surface area contributed by atoms with Gasteiger partial charge < -0.3 is 10.0 Å². The first kappa shape index (κ1) is 8.29. The van der Waals surface area contributed by atoms with E-state index >= 15 is 0 Å². The van der Waals surface area contributed by atoms with Crippen molar-refractivity contribution in [3.05, 3.63) is 11.9 Å². The van der Waals surface area contributed by atoms with Gasteiger partial charge in [0, 0.05) is 24.4 Å². The average Bonchev–Trinajstić information content (AvgIpc) is 2.30. The van der Waals surface area contributed by atoms with Gasteiger partial charge >= 0.3 is 7.12 Å². The van der Waals surface area contributed by atoms with Gasteiger partial charge in [0.2, 0.25) is 0 Å². The second-order valence-electron chi connectivity index (χ2n) is 2.40. The second-order valence-corrected chi connectivity index (χ2v) is 2.40. The van der Waals surface area contributed by atoms with Crippen molar-refractivity contribution in [3.8, 4) is 0 Å². The van der Waals surface area contributed by atoms with Gasteiger partial charge in [-0.05, 0) is 6.42 Å². The van der Waals surface area contributed by atoms with Gasteiger partial charge in [0.15, 0.2) is 0 Å². The van der Waals surface area contributed by atoms with Gasteiger partial charge in [0.25, 0.3) is 0 Å². The van der Waals surface area contributed by atoms with Crippen molar-refractivity contribution < 1.29 is 10.0 Å². The molecule has 0 aliphatic carbocycles. The molecule has 0 aliphatic rings. The van der Waals surface area contributed by atoms with Crippen LogP contribution in [0.2, 0.25) is 0 Å². The van der Waals surface area contributed by atoms with Crippen LogP contribution in [0.15, 0.2) is 6.20 Å². The second kappa shape index (κ2) is 3.06. The van der Waals surface area contributed by atoms with E-state index in [4.69, 9.17) is 10.0 Å². The standard InChI is InChI=1S/C6H11BN2O2/c1-3-6-5(7(10)11)4-8-9(6)2/h4,10-11H,3H2,1-2H3. The molecular weight excluding hydrogens is 143 g/mol. The summed E-state index contributed by atoms with van der Waals surface area (Å²) in [7, 11) is 0.378. The highest BCUT2D eigenvalue weighted by Gasteiger charge is 2.17. The highest BCUT2D eigenvalue weighted by atomic mass is 16.4. The Bertz CT molecular complexity index is 247. The summed E-state index contributed by atoms with van der Waals surface area (Å²) < 4.78 is 1.65. The van der Waals surface area contributed by atoms with Crippen LogP contribution in [-0.4, -0.2) is 26.9 Å². The molecule has 0 saturated carbocycles. The number of aromatic nitrogens is 2. The van der Waals surface area contributed by atoms with Gasteiger partial charge in [-0.15, -0.1) is 0 Å². The van der Waals surface area contributed by atoms with Crippen LogP contribution in [-0.2, 0) is 13.5 Å². The molecule has 1 aromatic rings. The van der Waals surface area contributed by atoms with Gasteiger partial charge in [-0.3, -0.25) is 4.68 Å². The topological polar surface area (TPSA) is 58.3 Å². The zero-order valence-corrected chi connectivity index (χ0v) is 6.65. The molecule has 4 nitrogen and oxygen atoms in total. The maximum atomic E-state index is 8.85. The lowest BCUT2D eigenvalue weighted by molar-refractivity contribution is 0.425. The monoisotopic (exact) mass is 154 g/mol. The van der Waals surface area contributed by atoms with Crippen molar-refractivity contribution >= 4 is 12.6 Å². The molecule has 1 rings (SSSR count). The first-order valence-electron chi connectivity index (χ1n) is 3.53. The minimum atomic E-state index is -1.40. The van der Waals surface area contributed by atoms with Gasteiger partial charge in [-0.25, -0.2) is 0 Å². The predicted molar refractivity (Wildman–Crippen MR) is 42.4 cm³/mol. The van der Waals surface area contributed by atoms with Crippen molar-refractivity contribution in [3.63, 3.8) is 0 Å². The van der Waals surface area contributed by atoms with Gasteiger partial charge in [-0.2, -0.15) is 5.10 Å². The summed E-state index contributed by atoms with van der Waals surface area (Å²) in [5.41, 5.74) is 1.36. The summed E-state index contributed by atoms with van der Waals surface area (Å²) in [4.78, 5) is 0. The Balaban J connectivity index is 3.05. The fourth-order valence-electron chi connectivity index (χ4n) is 1.13. The molecule has 0 radical (unpaired) electrons. The van der Waals surface area contributed by atoms with E-state index in [1.165, 1.54) is 6.20 Å². The van der Waals surface area contributed by atoms with E-state index < -0.39 is 7.12 Å². The smallest absolute Gasteiger partial charge is 0.423 e. The zero-order chi connectivity index (χ0) is 8.43. The molecule has 0 saturated heterocycles. The third-order valence-electron chi connectivity index (χ3n) is 1.71. The van der Waals surface area contributed by atoms with Crippen LogP contribution in [0.5, 0.6) is 0 Å². The summed E-state index contributed by atoms with van der Waals surface area (Å²) in [6.07, 6.45) is 2.23. The summed E-state index contributed by atoms with van der Waals surface area (Å²) in [5.74, 6) is 0. The quantitative estimate of drug-likeness (QED) is 0.518. The van der Waals surface area contributed by atoms with Crippen molar-refractivity contribution in [2.75, 3.05) is 0 Å². The molecule has 11 heavy (non-hydrogen) atoms. The lowest BCUT2D eigenvalue weighted by atomic mass is 9.80. The molecular formula is C6H11BN2O2. The number of hydrogen-bond donors (Lipinski definition) is 2. The van der Waals surface area contributed by atoms with E-state index in [1.807, 2.05) is 6.92 Å². The Morgan fingerprint density at radius 3 is 2.64 bits per heavy atom. The van der Waals surface area contributed by atoms with Crippen molar-refractivity contribution in [1.82, 2.24) is 9.78 Å². The molecule has 60 valence electrons. The van der Waals surface area contributed by atoms with E-state index in [1.54, 1.807) is 11.7 Å². The molecule has 1 heterocycles. The van der Waals surface area contributed by atoms with E-state index in [9.17, 15) is 0 Å². The van der Waals surface area contributed by atoms with Gasteiger partial charge in [0.1, 0.15) is 0 Å². The molecule has 0 spiro atoms. The van der Waals surface area contributed by atoms with Crippen molar-refractivity contribution in [2.24, 2.45) is 7.05 Å². The number of aryl methyl sites for hydroxylation is 1. The molecule has 5 heteroatoms. The minimum absolute atomic E-state index is 0.495. The Labute approximate surface area is 65.6 Å². The largest absolute Gasteiger partial charge is 0.491 e. The predicted octanol–water partition coefficient (Wildman–Crippen LogP) is -1.34. The number of nitrogens with zero attached hydrogens (tertiary/aromatic N) is 2. The first-order chi connectivity index (χ1) is 5.16. The molecule has 2 N–H and O–H groups in total. The molecule has 0 amide bonds. The Kier molecular flexibility index (Phi) is 2.31. The molecule has 0 fully saturated rings. The van der Waals surface area contributed by atoms with E-state index in [0.717, 1.165) is 12.1 Å². The molecule has 0 bridgehead atoms. The lowest BCUT2D eigenvalue weighted by Crippen LogP contribution is -2.32. The molecule has 0 aliphatic heterocycles. The average molecular weight is 154 g/mol. The SMILES string of the molecule is CCc1c(B(O)O)cnn1C. The number of hydrogen-bond acceptors (Lipinski definition) is 3. The third-order valence-corrected chi connectivity index (χ3v) is 1.71. The normalized spacial score (nSPS) is 10.2. The van der Waals surface area contributed by atoms with E-state index in [2.05, 4.69) is 5.10 Å². The van der Waals surface area contributed by atoms with Crippen LogP contribution in [0.4, 0.5) is 0 Å². The summed E-state index contributed by atoms with van der Waals surface area (Å²) in [6, 6.07) is 0. The molecule has 0 unspecified atom stereocenters. The Hall–Kier alpha value is -0.805. The highest BCUT2D eigenvalue weighted by Crippen LogP contribution is 1.94. The summed E-state index contributed by atoms with van der Waals surface area (Å²) in [6.45, 7) is 1.95. The van der Waals surface area contributed by atoms with Crippen LogP contribution >= 0.6 is 0 Å². The van der Waals surface area contributed by atoms with Crippen LogP contribution in [0, 0.1) is 0 Å². The summed E-state index contributed by atoms with van der Waals surface area (Å²) >= 11 is 0. The van der Waals surface area contributed by atoms with E-state index in [0.29, 0.717) is 5.46 Å². The Morgan fingerprint density at radius 2 is 2.27 bits per heavy atom.